The third-order valence-corrected chi connectivity index (χ3v) is 5.23. The van der Waals surface area contributed by atoms with Gasteiger partial charge in [0.15, 0.2) is 11.5 Å². The van der Waals surface area contributed by atoms with Gasteiger partial charge in [-0.05, 0) is 35.9 Å². The molecule has 0 unspecified atom stereocenters. The summed E-state index contributed by atoms with van der Waals surface area (Å²) < 4.78 is 34.8. The van der Waals surface area contributed by atoms with Crippen molar-refractivity contribution in [1.29, 1.82) is 0 Å². The maximum atomic E-state index is 12.3. The average molecular weight is 323 g/mol. The molecule has 3 rings (SSSR count). The average Bonchev–Trinajstić information content (AvgIpc) is 2.95. The Morgan fingerprint density at radius 1 is 1.05 bits per heavy atom. The Morgan fingerprint density at radius 2 is 1.76 bits per heavy atom. The van der Waals surface area contributed by atoms with Crippen molar-refractivity contribution in [1.82, 2.24) is 0 Å². The van der Waals surface area contributed by atoms with Gasteiger partial charge in [0.25, 0.3) is 0 Å². The minimum absolute atomic E-state index is 0.159. The number of ether oxygens (including phenoxy) is 2. The van der Waals surface area contributed by atoms with E-state index in [2.05, 4.69) is 0 Å². The molecule has 0 aliphatic carbocycles. The first-order valence-corrected chi connectivity index (χ1v) is 8.00. The zero-order chi connectivity index (χ0) is 14.9. The number of sulfone groups is 1. The maximum absolute atomic E-state index is 12.3. The first-order chi connectivity index (χ1) is 10.1. The van der Waals surface area contributed by atoms with Crippen LogP contribution in [-0.4, -0.2) is 15.2 Å². The van der Waals surface area contributed by atoms with Crippen LogP contribution in [0, 0.1) is 0 Å². The number of halogens is 1. The first-order valence-electron chi connectivity index (χ1n) is 6.14. The van der Waals surface area contributed by atoms with E-state index < -0.39 is 9.84 Å². The molecule has 0 saturated carbocycles. The highest BCUT2D eigenvalue weighted by Crippen LogP contribution is 2.34. The van der Waals surface area contributed by atoms with Crippen LogP contribution >= 0.6 is 11.6 Å². The van der Waals surface area contributed by atoms with Gasteiger partial charge in [0.1, 0.15) is 4.36 Å². The normalized spacial score (nSPS) is 14.2. The molecule has 1 aliphatic heterocycles. The van der Waals surface area contributed by atoms with Crippen molar-refractivity contribution in [3.8, 4) is 11.5 Å². The lowest BCUT2D eigenvalue weighted by molar-refractivity contribution is 0.174. The monoisotopic (exact) mass is 322 g/mol. The van der Waals surface area contributed by atoms with E-state index in [4.69, 9.17) is 21.1 Å². The van der Waals surface area contributed by atoms with E-state index in [0.717, 1.165) is 0 Å². The molecule has 0 spiro atoms. The van der Waals surface area contributed by atoms with E-state index in [9.17, 15) is 8.42 Å². The summed E-state index contributed by atoms with van der Waals surface area (Å²) in [5.74, 6) is 1.21. The van der Waals surface area contributed by atoms with Gasteiger partial charge in [0.05, 0.1) is 4.90 Å². The van der Waals surface area contributed by atoms with Crippen LogP contribution in [0.1, 0.15) is 5.56 Å². The van der Waals surface area contributed by atoms with Crippen LogP contribution in [0.2, 0.25) is 0 Å². The number of hydrogen-bond donors (Lipinski definition) is 0. The van der Waals surface area contributed by atoms with Gasteiger partial charge in [-0.2, -0.15) is 0 Å². The quantitative estimate of drug-likeness (QED) is 0.868. The van der Waals surface area contributed by atoms with Crippen LogP contribution in [0.3, 0.4) is 0 Å². The molecule has 21 heavy (non-hydrogen) atoms. The van der Waals surface area contributed by atoms with Crippen molar-refractivity contribution in [3.05, 3.63) is 58.5 Å². The summed E-state index contributed by atoms with van der Waals surface area (Å²) in [5, 5.41) is 0. The van der Waals surface area contributed by atoms with E-state index >= 15 is 0 Å². The molecule has 0 radical (unpaired) electrons. The Bertz CT molecular complexity index is 798. The molecular weight excluding hydrogens is 312 g/mol. The molecule has 1 heterocycles. The van der Waals surface area contributed by atoms with E-state index in [0.29, 0.717) is 17.1 Å². The summed E-state index contributed by atoms with van der Waals surface area (Å²) in [6.45, 7) is 0.165. The molecule has 0 saturated heterocycles. The van der Waals surface area contributed by atoms with Gasteiger partial charge in [-0.25, -0.2) is 8.42 Å². The van der Waals surface area contributed by atoms with Gasteiger partial charge in [0.2, 0.25) is 16.6 Å². The van der Waals surface area contributed by atoms with Crippen LogP contribution < -0.4 is 9.47 Å². The fourth-order valence-corrected chi connectivity index (χ4v) is 3.35. The topological polar surface area (TPSA) is 52.6 Å². The van der Waals surface area contributed by atoms with Gasteiger partial charge < -0.3 is 9.47 Å². The van der Waals surface area contributed by atoms with Gasteiger partial charge >= 0.3 is 0 Å². The highest BCUT2D eigenvalue weighted by Gasteiger charge is 2.19. The van der Waals surface area contributed by atoms with E-state index in [1.807, 2.05) is 0 Å². The van der Waals surface area contributed by atoms with Crippen molar-refractivity contribution in [2.45, 2.75) is 4.90 Å². The number of rotatable bonds is 3. The third-order valence-electron chi connectivity index (χ3n) is 2.99. The SMILES string of the molecule is O=S(=O)(/C(Cl)=C\c1ccc2c(c1)OCO2)c1ccccc1. The van der Waals surface area contributed by atoms with Crippen LogP contribution in [0.25, 0.3) is 6.08 Å². The molecule has 2 aromatic rings. The predicted molar refractivity (Wildman–Crippen MR) is 80.0 cm³/mol. The smallest absolute Gasteiger partial charge is 0.231 e. The zero-order valence-corrected chi connectivity index (χ0v) is 12.4. The summed E-state index contributed by atoms with van der Waals surface area (Å²) in [4.78, 5) is 0.159. The molecule has 0 N–H and O–H groups in total. The highest BCUT2D eigenvalue weighted by molar-refractivity contribution is 7.97. The summed E-state index contributed by atoms with van der Waals surface area (Å²) in [6.07, 6.45) is 1.39. The Labute approximate surface area is 127 Å². The molecule has 6 heteroatoms. The number of benzene rings is 2. The summed E-state index contributed by atoms with van der Waals surface area (Å²) in [5.41, 5.74) is 0.628. The molecule has 0 aromatic heterocycles. The van der Waals surface area contributed by atoms with Gasteiger partial charge in [-0.1, -0.05) is 35.9 Å². The summed E-state index contributed by atoms with van der Waals surface area (Å²) in [6, 6.07) is 13.2. The van der Waals surface area contributed by atoms with Crippen molar-refractivity contribution in [3.63, 3.8) is 0 Å². The standard InChI is InChI=1S/C15H11ClO4S/c16-15(21(17,18)12-4-2-1-3-5-12)9-11-6-7-13-14(8-11)20-10-19-13/h1-9H,10H2/b15-9-. The molecule has 0 fully saturated rings. The van der Waals surface area contributed by atoms with Crippen LogP contribution in [0.15, 0.2) is 57.8 Å². The van der Waals surface area contributed by atoms with Crippen molar-refractivity contribution in [2.75, 3.05) is 6.79 Å². The molecule has 0 atom stereocenters. The van der Waals surface area contributed by atoms with Crippen LogP contribution in [-0.2, 0) is 9.84 Å². The fraction of sp³-hybridized carbons (Fsp3) is 0.0667. The van der Waals surface area contributed by atoms with Crippen LogP contribution in [0.4, 0.5) is 0 Å². The lowest BCUT2D eigenvalue weighted by Gasteiger charge is -2.03. The second-order valence-corrected chi connectivity index (χ2v) is 6.93. The Hall–Kier alpha value is -1.98. The van der Waals surface area contributed by atoms with E-state index in [1.165, 1.54) is 18.2 Å². The first kappa shape index (κ1) is 14.0. The molecule has 108 valence electrons. The highest BCUT2D eigenvalue weighted by atomic mass is 35.5. The lowest BCUT2D eigenvalue weighted by Crippen LogP contribution is -2.00. The van der Waals surface area contributed by atoms with Crippen molar-refractivity contribution >= 4 is 27.5 Å². The largest absolute Gasteiger partial charge is 0.454 e. The minimum Gasteiger partial charge on any atom is -0.454 e. The molecule has 0 amide bonds. The Balaban J connectivity index is 1.96. The number of hydrogen-bond acceptors (Lipinski definition) is 4. The van der Waals surface area contributed by atoms with Crippen LogP contribution in [0.5, 0.6) is 11.5 Å². The maximum Gasteiger partial charge on any atom is 0.231 e. The summed E-state index contributed by atoms with van der Waals surface area (Å²) in [7, 11) is -3.70. The zero-order valence-electron chi connectivity index (χ0n) is 10.8. The van der Waals surface area contributed by atoms with E-state index in [1.54, 1.807) is 36.4 Å². The van der Waals surface area contributed by atoms with E-state index in [-0.39, 0.29) is 16.1 Å². The number of fused-ring (bicyclic) bond motifs is 1. The molecule has 4 nitrogen and oxygen atoms in total. The third kappa shape index (κ3) is 2.75. The second kappa shape index (κ2) is 5.42. The molecule has 2 aromatic carbocycles. The lowest BCUT2D eigenvalue weighted by atomic mass is 10.2. The van der Waals surface area contributed by atoms with Crippen molar-refractivity contribution < 1.29 is 17.9 Å². The minimum atomic E-state index is -3.70. The summed E-state index contributed by atoms with van der Waals surface area (Å²) >= 11 is 5.99. The van der Waals surface area contributed by atoms with Crippen molar-refractivity contribution in [2.24, 2.45) is 0 Å². The molecular formula is C15H11ClO4S. The molecule has 0 bridgehead atoms. The predicted octanol–water partition coefficient (Wildman–Crippen LogP) is 3.43. The molecule has 1 aliphatic rings. The second-order valence-electron chi connectivity index (χ2n) is 4.38. The van der Waals surface area contributed by atoms with Gasteiger partial charge in [-0.3, -0.25) is 0 Å². The van der Waals surface area contributed by atoms with Gasteiger partial charge in [-0.15, -0.1) is 0 Å². The van der Waals surface area contributed by atoms with Gasteiger partial charge in [0, 0.05) is 0 Å². The Kier molecular flexibility index (Phi) is 3.61. The fourth-order valence-electron chi connectivity index (χ4n) is 1.92. The Morgan fingerprint density at radius 3 is 2.52 bits per heavy atom.